The molecule has 11 heteroatoms. The topological polar surface area (TPSA) is 126 Å². The fourth-order valence-corrected chi connectivity index (χ4v) is 3.38. The number of esters is 1. The summed E-state index contributed by atoms with van der Waals surface area (Å²) in [7, 11) is -4.81. The average Bonchev–Trinajstić information content (AvgIpc) is 2.79. The van der Waals surface area contributed by atoms with Crippen molar-refractivity contribution in [2.75, 3.05) is 13.2 Å². The highest BCUT2D eigenvalue weighted by molar-refractivity contribution is 7.80. The number of hydroxylamine groups is 2. The van der Waals surface area contributed by atoms with Crippen LogP contribution in [0.15, 0.2) is 24.5 Å². The van der Waals surface area contributed by atoms with E-state index in [4.69, 9.17) is 9.29 Å². The second-order valence-electron chi connectivity index (χ2n) is 5.79. The summed E-state index contributed by atoms with van der Waals surface area (Å²) < 4.78 is 40.0. The van der Waals surface area contributed by atoms with E-state index in [9.17, 15) is 18.0 Å². The van der Waals surface area contributed by atoms with Gasteiger partial charge in [0.1, 0.15) is 6.04 Å². The highest BCUT2D eigenvalue weighted by atomic mass is 32.3. The van der Waals surface area contributed by atoms with Gasteiger partial charge in [-0.05, 0) is 24.5 Å². The third-order valence-electron chi connectivity index (χ3n) is 4.13. The van der Waals surface area contributed by atoms with Crippen LogP contribution in [0.3, 0.4) is 0 Å². The van der Waals surface area contributed by atoms with Gasteiger partial charge in [0.2, 0.25) is 0 Å². The molecule has 2 unspecified atom stereocenters. The van der Waals surface area contributed by atoms with Gasteiger partial charge >= 0.3 is 22.4 Å². The lowest BCUT2D eigenvalue weighted by molar-refractivity contribution is -0.149. The van der Waals surface area contributed by atoms with Crippen LogP contribution in [0.2, 0.25) is 0 Å². The molecule has 0 aromatic carbocycles. The molecule has 2 aliphatic rings. The van der Waals surface area contributed by atoms with Gasteiger partial charge in [0, 0.05) is 25.4 Å². The number of carbonyl (C=O) groups is 2. The number of nitrogens with zero attached hydrogens (tertiary/aromatic N) is 3. The zero-order chi connectivity index (χ0) is 18.0. The Labute approximate surface area is 144 Å². The SMILES string of the molecule is O=C(OCCc1cccnc1)C1CCC2CN1C(=O)N2OS(=O)(=O)O. The highest BCUT2D eigenvalue weighted by Gasteiger charge is 2.49. The number of rotatable bonds is 6. The zero-order valence-corrected chi connectivity index (χ0v) is 14.0. The molecule has 2 bridgehead atoms. The molecule has 0 radical (unpaired) electrons. The number of amides is 2. The maximum atomic E-state index is 12.3. The first-order valence-electron chi connectivity index (χ1n) is 7.67. The van der Waals surface area contributed by atoms with E-state index < -0.39 is 34.5 Å². The lowest BCUT2D eigenvalue weighted by atomic mass is 10.0. The van der Waals surface area contributed by atoms with Gasteiger partial charge < -0.3 is 9.64 Å². The fraction of sp³-hybridized carbons (Fsp3) is 0.500. The Balaban J connectivity index is 1.57. The Kier molecular flexibility index (Phi) is 4.88. The predicted octanol–water partition coefficient (Wildman–Crippen LogP) is 0.170. The fourth-order valence-electron chi connectivity index (χ4n) is 2.99. The second kappa shape index (κ2) is 6.94. The minimum atomic E-state index is -4.81. The van der Waals surface area contributed by atoms with Crippen molar-refractivity contribution in [2.24, 2.45) is 0 Å². The average molecular weight is 371 g/mol. The molecule has 1 aromatic rings. The molecule has 1 aromatic heterocycles. The third kappa shape index (κ3) is 4.06. The van der Waals surface area contributed by atoms with Crippen molar-refractivity contribution in [3.8, 4) is 0 Å². The van der Waals surface area contributed by atoms with Gasteiger partial charge in [-0.25, -0.2) is 9.59 Å². The molecule has 136 valence electrons. The van der Waals surface area contributed by atoms with Crippen LogP contribution in [0.1, 0.15) is 18.4 Å². The van der Waals surface area contributed by atoms with Crippen LogP contribution < -0.4 is 0 Å². The predicted molar refractivity (Wildman–Crippen MR) is 82.3 cm³/mol. The van der Waals surface area contributed by atoms with Gasteiger partial charge in [0.15, 0.2) is 0 Å². The van der Waals surface area contributed by atoms with Gasteiger partial charge in [-0.15, -0.1) is 4.28 Å². The summed E-state index contributed by atoms with van der Waals surface area (Å²) in [6.07, 6.45) is 4.51. The van der Waals surface area contributed by atoms with Gasteiger partial charge in [0.25, 0.3) is 0 Å². The summed E-state index contributed by atoms with van der Waals surface area (Å²) in [6, 6.07) is 1.53. The van der Waals surface area contributed by atoms with E-state index in [0.29, 0.717) is 24.3 Å². The number of fused-ring (bicyclic) bond motifs is 2. The van der Waals surface area contributed by atoms with Gasteiger partial charge in [-0.1, -0.05) is 6.07 Å². The molecule has 1 N–H and O–H groups in total. The van der Waals surface area contributed by atoms with E-state index in [1.165, 1.54) is 4.90 Å². The molecular weight excluding hydrogens is 354 g/mol. The highest BCUT2D eigenvalue weighted by Crippen LogP contribution is 2.31. The quantitative estimate of drug-likeness (QED) is 0.554. The zero-order valence-electron chi connectivity index (χ0n) is 13.1. The summed E-state index contributed by atoms with van der Waals surface area (Å²) in [4.78, 5) is 29.6. The van der Waals surface area contributed by atoms with Crippen LogP contribution in [-0.2, 0) is 30.6 Å². The molecule has 3 heterocycles. The van der Waals surface area contributed by atoms with Crippen LogP contribution in [0.5, 0.6) is 0 Å². The monoisotopic (exact) mass is 371 g/mol. The second-order valence-corrected chi connectivity index (χ2v) is 6.79. The first kappa shape index (κ1) is 17.6. The number of ether oxygens (including phenoxy) is 1. The molecule has 3 rings (SSSR count). The van der Waals surface area contributed by atoms with Gasteiger partial charge in [-0.3, -0.25) is 9.54 Å². The molecule has 2 atom stereocenters. The summed E-state index contributed by atoms with van der Waals surface area (Å²) >= 11 is 0. The molecule has 2 fully saturated rings. The number of urea groups is 1. The first-order chi connectivity index (χ1) is 11.8. The van der Waals surface area contributed by atoms with Crippen LogP contribution >= 0.6 is 0 Å². The van der Waals surface area contributed by atoms with Crippen LogP contribution in [0.25, 0.3) is 0 Å². The van der Waals surface area contributed by atoms with Crippen molar-refractivity contribution in [2.45, 2.75) is 31.3 Å². The first-order valence-corrected chi connectivity index (χ1v) is 9.04. The Morgan fingerprint density at radius 2 is 2.20 bits per heavy atom. The van der Waals surface area contributed by atoms with Crippen molar-refractivity contribution in [1.82, 2.24) is 14.9 Å². The van der Waals surface area contributed by atoms with Crippen molar-refractivity contribution in [1.29, 1.82) is 0 Å². The Bertz CT molecular complexity index is 755. The van der Waals surface area contributed by atoms with Crippen molar-refractivity contribution in [3.05, 3.63) is 30.1 Å². The van der Waals surface area contributed by atoms with Crippen molar-refractivity contribution >= 4 is 22.4 Å². The summed E-state index contributed by atoms with van der Waals surface area (Å²) in [5.74, 6) is -0.551. The molecule has 0 saturated carbocycles. The Morgan fingerprint density at radius 1 is 1.40 bits per heavy atom. The van der Waals surface area contributed by atoms with Crippen molar-refractivity contribution in [3.63, 3.8) is 0 Å². The molecule has 25 heavy (non-hydrogen) atoms. The lowest BCUT2D eigenvalue weighted by Crippen LogP contribution is -2.46. The van der Waals surface area contributed by atoms with E-state index in [1.807, 2.05) is 6.07 Å². The van der Waals surface area contributed by atoms with Gasteiger partial charge in [-0.2, -0.15) is 13.5 Å². The van der Waals surface area contributed by atoms with Crippen molar-refractivity contribution < 1.29 is 31.6 Å². The minimum Gasteiger partial charge on any atom is -0.464 e. The number of piperidine rings is 1. The van der Waals surface area contributed by atoms with E-state index in [1.54, 1.807) is 18.5 Å². The summed E-state index contributed by atoms with van der Waals surface area (Å²) in [5, 5.41) is 0.595. The molecule has 10 nitrogen and oxygen atoms in total. The van der Waals surface area contributed by atoms with E-state index >= 15 is 0 Å². The molecule has 2 aliphatic heterocycles. The largest absolute Gasteiger partial charge is 0.464 e. The Morgan fingerprint density at radius 3 is 2.88 bits per heavy atom. The normalized spacial score (nSPS) is 23.0. The van der Waals surface area contributed by atoms with Crippen LogP contribution in [0, 0.1) is 0 Å². The lowest BCUT2D eigenvalue weighted by Gasteiger charge is -2.28. The third-order valence-corrected chi connectivity index (χ3v) is 4.48. The van der Waals surface area contributed by atoms with E-state index in [-0.39, 0.29) is 13.2 Å². The summed E-state index contributed by atoms with van der Waals surface area (Å²) in [5.41, 5.74) is 0.920. The maximum Gasteiger partial charge on any atom is 0.418 e. The smallest absolute Gasteiger partial charge is 0.418 e. The Hall–Kier alpha value is -2.24. The molecular formula is C14H17N3O7S. The van der Waals surface area contributed by atoms with E-state index in [2.05, 4.69) is 9.27 Å². The standard InChI is InChI=1S/C14H17N3O7S/c18-13(23-7-5-10-2-1-6-15-8-10)12-4-3-11-9-16(12)14(19)17(11)24-25(20,21)22/h1-2,6,8,11-12H,3-5,7,9H2,(H,20,21,22). The number of aromatic nitrogens is 1. The van der Waals surface area contributed by atoms with Crippen LogP contribution in [0.4, 0.5) is 4.79 Å². The molecule has 0 spiro atoms. The summed E-state index contributed by atoms with van der Waals surface area (Å²) in [6.45, 7) is 0.286. The molecule has 2 amide bonds. The minimum absolute atomic E-state index is 0.136. The number of hydrogen-bond donors (Lipinski definition) is 1. The van der Waals surface area contributed by atoms with Crippen LogP contribution in [-0.4, -0.2) is 65.2 Å². The van der Waals surface area contributed by atoms with E-state index in [0.717, 1.165) is 5.56 Å². The molecule has 0 aliphatic carbocycles. The number of pyridine rings is 1. The maximum absolute atomic E-state index is 12.3. The van der Waals surface area contributed by atoms with Gasteiger partial charge in [0.05, 0.1) is 12.6 Å². The number of hydrogen-bond acceptors (Lipinski definition) is 7. The number of carbonyl (C=O) groups excluding carboxylic acids is 2. The molecule has 2 saturated heterocycles.